The van der Waals surface area contributed by atoms with E-state index in [-0.39, 0.29) is 6.23 Å². The van der Waals surface area contributed by atoms with Gasteiger partial charge >= 0.3 is 0 Å². The number of unbranched alkanes of at least 4 members (excludes halogenated alkanes) is 2. The molecule has 0 aromatic rings. The molecule has 1 heterocycles. The van der Waals surface area contributed by atoms with Crippen molar-refractivity contribution in [2.75, 3.05) is 20.3 Å². The highest BCUT2D eigenvalue weighted by molar-refractivity contribution is 14.1. The minimum absolute atomic E-state index is 0.225. The third kappa shape index (κ3) is 4.97. The quantitative estimate of drug-likeness (QED) is 0.337. The summed E-state index contributed by atoms with van der Waals surface area (Å²) in [4.78, 5) is 2.22. The Bertz CT molecular complexity index is 169. The van der Waals surface area contributed by atoms with E-state index in [1.165, 1.54) is 12.8 Å². The van der Waals surface area contributed by atoms with Crippen LogP contribution >= 0.6 is 22.6 Å². The Hall–Kier alpha value is 0.610. The largest absolute Gasteiger partial charge is 0.385 e. The van der Waals surface area contributed by atoms with Crippen molar-refractivity contribution in [1.82, 2.24) is 4.90 Å². The number of rotatable bonds is 7. The lowest BCUT2D eigenvalue weighted by atomic mass is 10.2. The molecular weight excluding hydrogens is 305 g/mol. The van der Waals surface area contributed by atoms with Gasteiger partial charge < -0.3 is 9.84 Å². The van der Waals surface area contributed by atoms with Gasteiger partial charge in [-0.2, -0.15) is 0 Å². The first kappa shape index (κ1) is 13.7. The zero-order chi connectivity index (χ0) is 11.1. The minimum Gasteiger partial charge on any atom is -0.385 e. The van der Waals surface area contributed by atoms with Crippen LogP contribution in [0.1, 0.15) is 38.5 Å². The van der Waals surface area contributed by atoms with Crippen LogP contribution < -0.4 is 0 Å². The van der Waals surface area contributed by atoms with Crippen molar-refractivity contribution < 1.29 is 9.84 Å². The van der Waals surface area contributed by atoms with E-state index in [2.05, 4.69) is 27.5 Å². The third-order valence-corrected chi connectivity index (χ3v) is 4.25. The lowest BCUT2D eigenvalue weighted by Gasteiger charge is -2.25. The van der Waals surface area contributed by atoms with Gasteiger partial charge in [-0.3, -0.25) is 4.90 Å². The van der Waals surface area contributed by atoms with Gasteiger partial charge in [-0.25, -0.2) is 0 Å². The minimum atomic E-state index is -0.225. The number of likely N-dealkylation sites (tertiary alicyclic amines) is 1. The van der Waals surface area contributed by atoms with E-state index in [9.17, 15) is 5.11 Å². The second-order valence-corrected chi connectivity index (χ2v) is 5.58. The second kappa shape index (κ2) is 7.81. The molecule has 1 aliphatic heterocycles. The molecule has 1 fully saturated rings. The Balaban J connectivity index is 2.05. The summed E-state index contributed by atoms with van der Waals surface area (Å²) in [6, 6.07) is 0. The van der Waals surface area contributed by atoms with Crippen LogP contribution in [0.4, 0.5) is 0 Å². The highest BCUT2D eigenvalue weighted by atomic mass is 127. The molecule has 0 bridgehead atoms. The molecule has 0 radical (unpaired) electrons. The fraction of sp³-hybridized carbons (Fsp3) is 1.00. The summed E-state index contributed by atoms with van der Waals surface area (Å²) in [7, 11) is 1.74. The first-order valence-electron chi connectivity index (χ1n) is 5.82. The van der Waals surface area contributed by atoms with Gasteiger partial charge in [0.2, 0.25) is 0 Å². The van der Waals surface area contributed by atoms with Crippen LogP contribution in [-0.2, 0) is 4.74 Å². The van der Waals surface area contributed by atoms with Crippen molar-refractivity contribution in [2.24, 2.45) is 0 Å². The van der Waals surface area contributed by atoms with Gasteiger partial charge in [-0.15, -0.1) is 0 Å². The maximum Gasteiger partial charge on any atom is 0.108 e. The zero-order valence-electron chi connectivity index (χ0n) is 9.49. The molecule has 0 amide bonds. The van der Waals surface area contributed by atoms with Crippen LogP contribution in [0.5, 0.6) is 0 Å². The van der Waals surface area contributed by atoms with Crippen molar-refractivity contribution in [3.63, 3.8) is 0 Å². The molecule has 0 aromatic heterocycles. The number of halogens is 1. The van der Waals surface area contributed by atoms with Crippen molar-refractivity contribution in [3.8, 4) is 0 Å². The Morgan fingerprint density at radius 2 is 2.27 bits per heavy atom. The Labute approximate surface area is 106 Å². The van der Waals surface area contributed by atoms with Gasteiger partial charge in [0.1, 0.15) is 6.23 Å². The molecule has 1 unspecified atom stereocenters. The Morgan fingerprint density at radius 3 is 2.87 bits per heavy atom. The number of methoxy groups -OCH3 is 1. The van der Waals surface area contributed by atoms with E-state index < -0.39 is 0 Å². The first-order chi connectivity index (χ1) is 7.25. The van der Waals surface area contributed by atoms with E-state index in [1.54, 1.807) is 7.11 Å². The molecule has 0 aliphatic carbocycles. The molecule has 1 aliphatic rings. The van der Waals surface area contributed by atoms with Crippen LogP contribution in [0, 0.1) is 0 Å². The van der Waals surface area contributed by atoms with Crippen LogP contribution in [0.2, 0.25) is 0 Å². The average Bonchev–Trinajstić information content (AvgIpc) is 2.64. The molecule has 0 aromatic carbocycles. The third-order valence-electron chi connectivity index (χ3n) is 2.91. The van der Waals surface area contributed by atoms with Gasteiger partial charge in [-0.05, 0) is 32.1 Å². The molecule has 0 saturated carbocycles. The number of hydrogen-bond donors (Lipinski definition) is 1. The Morgan fingerprint density at radius 1 is 1.47 bits per heavy atom. The standard InChI is InChI=1S/C11H22INO2/c1-15-9-4-2-3-7-11(14)13-8-5-6-10(13)12/h10-11,14H,2-9H2,1H3/t10-,11?/m0/s1. The molecular formula is C11H22INO2. The van der Waals surface area contributed by atoms with E-state index in [4.69, 9.17) is 4.74 Å². The Kier molecular flexibility index (Phi) is 7.12. The monoisotopic (exact) mass is 327 g/mol. The van der Waals surface area contributed by atoms with E-state index in [0.29, 0.717) is 4.05 Å². The molecule has 2 atom stereocenters. The fourth-order valence-electron chi connectivity index (χ4n) is 2.00. The lowest BCUT2D eigenvalue weighted by Crippen LogP contribution is -2.36. The highest BCUT2D eigenvalue weighted by Crippen LogP contribution is 2.25. The second-order valence-electron chi connectivity index (χ2n) is 4.14. The van der Waals surface area contributed by atoms with Gasteiger partial charge in [0.25, 0.3) is 0 Å². The van der Waals surface area contributed by atoms with E-state index >= 15 is 0 Å². The fourth-order valence-corrected chi connectivity index (χ4v) is 3.09. The molecule has 4 heteroatoms. The predicted molar refractivity (Wildman–Crippen MR) is 70.1 cm³/mol. The molecule has 1 N–H and O–H groups in total. The van der Waals surface area contributed by atoms with Gasteiger partial charge in [0.05, 0.1) is 4.05 Å². The molecule has 1 rings (SSSR count). The maximum atomic E-state index is 9.97. The van der Waals surface area contributed by atoms with Crippen molar-refractivity contribution in [3.05, 3.63) is 0 Å². The number of nitrogens with zero attached hydrogens (tertiary/aromatic N) is 1. The highest BCUT2D eigenvalue weighted by Gasteiger charge is 2.26. The summed E-state index contributed by atoms with van der Waals surface area (Å²) in [5.74, 6) is 0. The van der Waals surface area contributed by atoms with Crippen molar-refractivity contribution in [1.29, 1.82) is 0 Å². The van der Waals surface area contributed by atoms with Crippen molar-refractivity contribution >= 4 is 22.6 Å². The zero-order valence-corrected chi connectivity index (χ0v) is 11.6. The van der Waals surface area contributed by atoms with E-state index in [0.717, 1.165) is 38.8 Å². The molecule has 1 saturated heterocycles. The number of hydrogen-bond acceptors (Lipinski definition) is 3. The molecule has 3 nitrogen and oxygen atoms in total. The number of alkyl halides is 1. The summed E-state index contributed by atoms with van der Waals surface area (Å²) < 4.78 is 5.53. The number of ether oxygens (including phenoxy) is 1. The van der Waals surface area contributed by atoms with Crippen LogP contribution in [0.3, 0.4) is 0 Å². The normalized spacial score (nSPS) is 24.6. The summed E-state index contributed by atoms with van der Waals surface area (Å²) in [6.07, 6.45) is 6.50. The van der Waals surface area contributed by atoms with Crippen LogP contribution in [0.15, 0.2) is 0 Å². The topological polar surface area (TPSA) is 32.7 Å². The summed E-state index contributed by atoms with van der Waals surface area (Å²) >= 11 is 2.43. The molecule has 90 valence electrons. The first-order valence-corrected chi connectivity index (χ1v) is 7.07. The van der Waals surface area contributed by atoms with E-state index in [1.807, 2.05) is 0 Å². The summed E-state index contributed by atoms with van der Waals surface area (Å²) in [6.45, 7) is 1.90. The number of aliphatic hydroxyl groups is 1. The lowest BCUT2D eigenvalue weighted by molar-refractivity contribution is 0.00806. The maximum absolute atomic E-state index is 9.97. The predicted octanol–water partition coefficient (Wildman–Crippen LogP) is 2.37. The van der Waals surface area contributed by atoms with Gasteiger partial charge in [-0.1, -0.05) is 29.0 Å². The summed E-state index contributed by atoms with van der Waals surface area (Å²) in [5, 5.41) is 9.97. The molecule has 15 heavy (non-hydrogen) atoms. The number of aliphatic hydroxyl groups excluding tert-OH is 1. The van der Waals surface area contributed by atoms with Gasteiger partial charge in [0, 0.05) is 20.3 Å². The average molecular weight is 327 g/mol. The van der Waals surface area contributed by atoms with Crippen LogP contribution in [0.25, 0.3) is 0 Å². The van der Waals surface area contributed by atoms with Crippen molar-refractivity contribution in [2.45, 2.75) is 48.8 Å². The summed E-state index contributed by atoms with van der Waals surface area (Å²) in [5.41, 5.74) is 0. The smallest absolute Gasteiger partial charge is 0.108 e. The molecule has 0 spiro atoms. The SMILES string of the molecule is COCCCCCC(O)N1CCC[C@H]1I. The van der Waals surface area contributed by atoms with Gasteiger partial charge in [0.15, 0.2) is 0 Å². The van der Waals surface area contributed by atoms with Crippen LogP contribution in [-0.4, -0.2) is 40.5 Å².